The second-order valence-corrected chi connectivity index (χ2v) is 13.1. The Kier molecular flexibility index (Phi) is 9.64. The number of hydrogen-bond donors (Lipinski definition) is 0. The average molecular weight is 706 g/mol. The molecule has 256 valence electrons. The van der Waals surface area contributed by atoms with Gasteiger partial charge in [0.15, 0.2) is 0 Å². The molecule has 2 fully saturated rings. The summed E-state index contributed by atoms with van der Waals surface area (Å²) in [5.74, 6) is -0.410. The van der Waals surface area contributed by atoms with E-state index in [4.69, 9.17) is 37.4 Å². The fourth-order valence-electron chi connectivity index (χ4n) is 6.24. The molecule has 3 aromatic carbocycles. The van der Waals surface area contributed by atoms with E-state index < -0.39 is 5.79 Å². The molecule has 0 spiro atoms. The Hall–Kier alpha value is -4.36. The van der Waals surface area contributed by atoms with Gasteiger partial charge in [-0.1, -0.05) is 36.2 Å². The molecule has 0 aliphatic carbocycles. The summed E-state index contributed by atoms with van der Waals surface area (Å²) in [7, 11) is 0. The van der Waals surface area contributed by atoms with Gasteiger partial charge < -0.3 is 24.0 Å². The zero-order chi connectivity index (χ0) is 34.0. The maximum absolute atomic E-state index is 12.8. The molecule has 5 aromatic rings. The molecule has 2 aliphatic heterocycles. The molecular weight excluding hydrogens is 667 g/mol. The molecule has 7 rings (SSSR count). The summed E-state index contributed by atoms with van der Waals surface area (Å²) >= 11 is 12.7. The van der Waals surface area contributed by atoms with Crippen LogP contribution in [0.4, 0.5) is 11.4 Å². The molecule has 12 nitrogen and oxygen atoms in total. The summed E-state index contributed by atoms with van der Waals surface area (Å²) in [5.41, 5.74) is 3.64. The van der Waals surface area contributed by atoms with E-state index in [-0.39, 0.29) is 24.4 Å². The van der Waals surface area contributed by atoms with Crippen molar-refractivity contribution in [3.8, 4) is 11.4 Å². The Labute approximate surface area is 294 Å². The van der Waals surface area contributed by atoms with E-state index in [2.05, 4.69) is 49.2 Å². The fraction of sp³-hybridized carbons (Fsp3) is 0.371. The van der Waals surface area contributed by atoms with Gasteiger partial charge in [0.1, 0.15) is 44.0 Å². The third kappa shape index (κ3) is 7.04. The molecule has 0 bridgehead atoms. The van der Waals surface area contributed by atoms with Crippen molar-refractivity contribution in [3.63, 3.8) is 0 Å². The SMILES string of the molecule is CCC(C)n1ncn(-c2ccc(N3CCN(c4ccc(OC[C@@H]5CO[C@](Cn6cncn6)(c6ccc(Cl)cc6Cl)O5)cc4)CC3)cc2)c1=O. The van der Waals surface area contributed by atoms with Crippen molar-refractivity contribution < 1.29 is 14.2 Å². The van der Waals surface area contributed by atoms with Gasteiger partial charge in [-0.2, -0.15) is 10.2 Å². The summed E-state index contributed by atoms with van der Waals surface area (Å²) in [6.45, 7) is 8.48. The lowest BCUT2D eigenvalue weighted by Gasteiger charge is -2.37. The highest BCUT2D eigenvalue weighted by Crippen LogP contribution is 2.40. The van der Waals surface area contributed by atoms with Gasteiger partial charge in [0, 0.05) is 48.1 Å². The lowest BCUT2D eigenvalue weighted by molar-refractivity contribution is -0.190. The zero-order valence-electron chi connectivity index (χ0n) is 27.4. The zero-order valence-corrected chi connectivity index (χ0v) is 28.9. The van der Waals surface area contributed by atoms with Gasteiger partial charge in [0.25, 0.3) is 0 Å². The van der Waals surface area contributed by atoms with E-state index in [1.807, 2.05) is 44.2 Å². The number of hydrogen-bond acceptors (Lipinski definition) is 9. The van der Waals surface area contributed by atoms with Crippen LogP contribution in [0.2, 0.25) is 10.0 Å². The van der Waals surface area contributed by atoms with Crippen molar-refractivity contribution in [3.05, 3.63) is 112 Å². The Balaban J connectivity index is 0.925. The minimum absolute atomic E-state index is 0.0645. The predicted molar refractivity (Wildman–Crippen MR) is 188 cm³/mol. The van der Waals surface area contributed by atoms with Gasteiger partial charge in [-0.25, -0.2) is 23.7 Å². The second kappa shape index (κ2) is 14.2. The van der Waals surface area contributed by atoms with Crippen LogP contribution in [0.5, 0.6) is 5.75 Å². The standard InChI is InChI=1S/C35H38Cl2N8O4/c1-3-25(2)45-34(46)44(24-40-45)29-7-5-27(6-8-29)41-14-16-42(17-15-41)28-9-11-30(12-10-28)47-19-31-20-48-35(49-31,21-43-23-38-22-39-43)32-13-4-26(36)18-33(32)37/h4-13,18,22-25,31H,3,14-17,19-21H2,1-2H3/t25?,31-,35+/m1/s1. The fourth-order valence-corrected chi connectivity index (χ4v) is 6.79. The topological polar surface area (TPSA) is 105 Å². The molecule has 14 heteroatoms. The van der Waals surface area contributed by atoms with Crippen LogP contribution in [-0.2, 0) is 21.8 Å². The highest BCUT2D eigenvalue weighted by atomic mass is 35.5. The summed E-state index contributed by atoms with van der Waals surface area (Å²) in [6.07, 6.45) is 5.19. The van der Waals surface area contributed by atoms with E-state index >= 15 is 0 Å². The number of ether oxygens (including phenoxy) is 3. The molecule has 2 aromatic heterocycles. The predicted octanol–water partition coefficient (Wildman–Crippen LogP) is 5.58. The summed E-state index contributed by atoms with van der Waals surface area (Å²) in [4.78, 5) is 21.6. The number of halogens is 2. The lowest BCUT2D eigenvalue weighted by Crippen LogP contribution is -2.46. The molecule has 49 heavy (non-hydrogen) atoms. The monoisotopic (exact) mass is 704 g/mol. The smallest absolute Gasteiger partial charge is 0.350 e. The second-order valence-electron chi connectivity index (χ2n) is 12.3. The number of anilines is 2. The third-order valence-corrected chi connectivity index (χ3v) is 9.70. The number of nitrogens with zero attached hydrogens (tertiary/aromatic N) is 8. The van der Waals surface area contributed by atoms with Gasteiger partial charge in [0.2, 0.25) is 5.79 Å². The van der Waals surface area contributed by atoms with Crippen LogP contribution in [0.15, 0.2) is 90.5 Å². The van der Waals surface area contributed by atoms with Gasteiger partial charge in [-0.05, 0) is 74.0 Å². The minimum Gasteiger partial charge on any atom is -0.491 e. The average Bonchev–Trinajstić information content (AvgIpc) is 3.88. The molecule has 0 amide bonds. The molecule has 2 saturated heterocycles. The van der Waals surface area contributed by atoms with Crippen molar-refractivity contribution in [2.75, 3.05) is 49.2 Å². The summed E-state index contributed by atoms with van der Waals surface area (Å²) in [6, 6.07) is 21.6. The van der Waals surface area contributed by atoms with E-state index in [0.717, 1.165) is 55.4 Å². The van der Waals surface area contributed by atoms with Crippen LogP contribution in [0.3, 0.4) is 0 Å². The highest BCUT2D eigenvalue weighted by molar-refractivity contribution is 6.35. The van der Waals surface area contributed by atoms with Crippen molar-refractivity contribution in [2.45, 2.75) is 44.7 Å². The van der Waals surface area contributed by atoms with Crippen molar-refractivity contribution in [1.82, 2.24) is 29.1 Å². The molecule has 0 saturated carbocycles. The van der Waals surface area contributed by atoms with Crippen LogP contribution in [-0.4, -0.2) is 74.6 Å². The van der Waals surface area contributed by atoms with Crippen LogP contribution < -0.4 is 20.2 Å². The van der Waals surface area contributed by atoms with Gasteiger partial charge >= 0.3 is 5.69 Å². The Morgan fingerprint density at radius 1 is 0.918 bits per heavy atom. The number of rotatable bonds is 11. The maximum atomic E-state index is 12.8. The lowest BCUT2D eigenvalue weighted by atomic mass is 10.1. The van der Waals surface area contributed by atoms with E-state index in [9.17, 15) is 4.79 Å². The van der Waals surface area contributed by atoms with Gasteiger partial charge in [-0.15, -0.1) is 0 Å². The number of piperazine rings is 1. The Bertz CT molecular complexity index is 1910. The minimum atomic E-state index is -1.16. The van der Waals surface area contributed by atoms with Gasteiger partial charge in [-0.3, -0.25) is 0 Å². The van der Waals surface area contributed by atoms with Crippen LogP contribution >= 0.6 is 23.2 Å². The first-order valence-corrected chi connectivity index (χ1v) is 17.2. The molecule has 3 atom stereocenters. The summed E-state index contributed by atoms with van der Waals surface area (Å²) in [5, 5.41) is 9.50. The third-order valence-electron chi connectivity index (χ3n) is 9.15. The quantitative estimate of drug-likeness (QED) is 0.174. The van der Waals surface area contributed by atoms with Crippen LogP contribution in [0.25, 0.3) is 5.69 Å². The largest absolute Gasteiger partial charge is 0.491 e. The Morgan fingerprint density at radius 3 is 2.22 bits per heavy atom. The molecule has 0 radical (unpaired) electrons. The van der Waals surface area contributed by atoms with E-state index in [1.165, 1.54) is 11.0 Å². The summed E-state index contributed by atoms with van der Waals surface area (Å²) < 4.78 is 23.7. The van der Waals surface area contributed by atoms with E-state index in [1.54, 1.807) is 34.0 Å². The van der Waals surface area contributed by atoms with Crippen LogP contribution in [0.1, 0.15) is 31.9 Å². The molecule has 2 aliphatic rings. The first-order chi connectivity index (χ1) is 23.8. The van der Waals surface area contributed by atoms with Crippen molar-refractivity contribution in [1.29, 1.82) is 0 Å². The first-order valence-electron chi connectivity index (χ1n) is 16.4. The van der Waals surface area contributed by atoms with Crippen molar-refractivity contribution >= 4 is 34.6 Å². The first kappa shape index (κ1) is 33.2. The van der Waals surface area contributed by atoms with Gasteiger partial charge in [0.05, 0.1) is 23.4 Å². The Morgan fingerprint density at radius 2 is 1.59 bits per heavy atom. The van der Waals surface area contributed by atoms with E-state index in [0.29, 0.717) is 28.8 Å². The maximum Gasteiger partial charge on any atom is 0.350 e. The number of aromatic nitrogens is 6. The van der Waals surface area contributed by atoms with Crippen LogP contribution in [0, 0.1) is 0 Å². The molecule has 4 heterocycles. The number of benzene rings is 3. The normalized spacial score (nSPS) is 20.1. The van der Waals surface area contributed by atoms with Crippen molar-refractivity contribution in [2.24, 2.45) is 0 Å². The molecule has 1 unspecified atom stereocenters. The molecule has 0 N–H and O–H groups in total. The highest BCUT2D eigenvalue weighted by Gasteiger charge is 2.45. The molecular formula is C35H38Cl2N8O4.